The van der Waals surface area contributed by atoms with Crippen molar-refractivity contribution in [2.24, 2.45) is 5.73 Å². The van der Waals surface area contributed by atoms with E-state index in [0.29, 0.717) is 13.1 Å². The van der Waals surface area contributed by atoms with Crippen LogP contribution in [-0.4, -0.2) is 38.4 Å². The summed E-state index contributed by atoms with van der Waals surface area (Å²) in [6.07, 6.45) is -1.06. The Balaban J connectivity index is 1.90. The lowest BCUT2D eigenvalue weighted by Gasteiger charge is -2.26. The number of carbonyl (C=O) groups excluding carboxylic acids is 2. The minimum absolute atomic E-state index is 0.204. The number of hydrogen-bond acceptors (Lipinski definition) is 5. The van der Waals surface area contributed by atoms with Crippen LogP contribution in [0, 0.1) is 0 Å². The van der Waals surface area contributed by atoms with Gasteiger partial charge < -0.3 is 15.2 Å². The molecule has 7 nitrogen and oxygen atoms in total. The standard InChI is InChI=1S/C13H15N3O4/c1-15-11-3-2-9(4-8(11)7-19-12(15)17)16-6-10(5-14)20-13(16)18/h2-4,10H,5-7,14H2,1H3. The third kappa shape index (κ3) is 1.96. The number of cyclic esters (lactones) is 2. The van der Waals surface area contributed by atoms with E-state index in [0.717, 1.165) is 16.9 Å². The fraction of sp³-hybridized carbons (Fsp3) is 0.385. The maximum atomic E-state index is 11.8. The largest absolute Gasteiger partial charge is 0.444 e. The fourth-order valence-electron chi connectivity index (χ4n) is 2.37. The number of anilines is 2. The van der Waals surface area contributed by atoms with Crippen molar-refractivity contribution in [1.82, 2.24) is 0 Å². The zero-order valence-corrected chi connectivity index (χ0v) is 11.0. The van der Waals surface area contributed by atoms with Crippen LogP contribution < -0.4 is 15.5 Å². The van der Waals surface area contributed by atoms with Crippen LogP contribution in [0.2, 0.25) is 0 Å². The number of benzene rings is 1. The Labute approximate surface area is 115 Å². The van der Waals surface area contributed by atoms with Crippen molar-refractivity contribution in [3.8, 4) is 0 Å². The number of fused-ring (bicyclic) bond motifs is 1. The van der Waals surface area contributed by atoms with Gasteiger partial charge >= 0.3 is 12.2 Å². The Morgan fingerprint density at radius 1 is 1.35 bits per heavy atom. The predicted molar refractivity (Wildman–Crippen MR) is 71.7 cm³/mol. The van der Waals surface area contributed by atoms with Gasteiger partial charge in [-0.1, -0.05) is 0 Å². The van der Waals surface area contributed by atoms with E-state index in [1.54, 1.807) is 19.2 Å². The van der Waals surface area contributed by atoms with E-state index in [9.17, 15) is 9.59 Å². The summed E-state index contributed by atoms with van der Waals surface area (Å²) >= 11 is 0. The van der Waals surface area contributed by atoms with Crippen molar-refractivity contribution in [1.29, 1.82) is 0 Å². The Bertz CT molecular complexity index is 575. The molecule has 0 aromatic heterocycles. The lowest BCUT2D eigenvalue weighted by Crippen LogP contribution is -2.32. The molecule has 20 heavy (non-hydrogen) atoms. The number of nitrogens with two attached hydrogens (primary N) is 1. The molecule has 3 rings (SSSR count). The number of nitrogens with zero attached hydrogens (tertiary/aromatic N) is 2. The topological polar surface area (TPSA) is 85.1 Å². The summed E-state index contributed by atoms with van der Waals surface area (Å²) in [4.78, 5) is 26.2. The van der Waals surface area contributed by atoms with Crippen molar-refractivity contribution in [2.75, 3.05) is 29.9 Å². The molecule has 106 valence electrons. The lowest BCUT2D eigenvalue weighted by atomic mass is 10.1. The van der Waals surface area contributed by atoms with Crippen LogP contribution in [0.3, 0.4) is 0 Å². The van der Waals surface area contributed by atoms with Crippen LogP contribution in [0.1, 0.15) is 5.56 Å². The van der Waals surface area contributed by atoms with Gasteiger partial charge in [0, 0.05) is 24.8 Å². The second-order valence-corrected chi connectivity index (χ2v) is 4.78. The van der Waals surface area contributed by atoms with E-state index in [-0.39, 0.29) is 18.8 Å². The molecule has 2 N–H and O–H groups in total. The Kier molecular flexibility index (Phi) is 2.98. The summed E-state index contributed by atoms with van der Waals surface area (Å²) in [5.74, 6) is 0. The summed E-state index contributed by atoms with van der Waals surface area (Å²) in [5.41, 5.74) is 7.87. The summed E-state index contributed by atoms with van der Waals surface area (Å²) in [6, 6.07) is 5.42. The molecule has 0 aliphatic carbocycles. The molecule has 1 saturated heterocycles. The van der Waals surface area contributed by atoms with Crippen LogP contribution >= 0.6 is 0 Å². The van der Waals surface area contributed by atoms with Gasteiger partial charge in [0.15, 0.2) is 0 Å². The van der Waals surface area contributed by atoms with Gasteiger partial charge in [-0.25, -0.2) is 9.59 Å². The average molecular weight is 277 g/mol. The zero-order valence-electron chi connectivity index (χ0n) is 11.0. The number of ether oxygens (including phenoxy) is 2. The third-order valence-corrected chi connectivity index (χ3v) is 3.50. The maximum Gasteiger partial charge on any atom is 0.414 e. The van der Waals surface area contributed by atoms with Gasteiger partial charge in [0.1, 0.15) is 12.7 Å². The molecule has 7 heteroatoms. The zero-order chi connectivity index (χ0) is 14.3. The highest BCUT2D eigenvalue weighted by Crippen LogP contribution is 2.31. The van der Waals surface area contributed by atoms with Gasteiger partial charge in [-0.2, -0.15) is 0 Å². The van der Waals surface area contributed by atoms with Crippen LogP contribution in [-0.2, 0) is 16.1 Å². The quantitative estimate of drug-likeness (QED) is 0.873. The Hall–Kier alpha value is -2.28. The van der Waals surface area contributed by atoms with Crippen LogP contribution in [0.25, 0.3) is 0 Å². The van der Waals surface area contributed by atoms with Crippen molar-refractivity contribution in [3.05, 3.63) is 23.8 Å². The van der Waals surface area contributed by atoms with Crippen LogP contribution in [0.5, 0.6) is 0 Å². The molecule has 0 radical (unpaired) electrons. The van der Waals surface area contributed by atoms with Gasteiger partial charge in [0.05, 0.1) is 12.2 Å². The van der Waals surface area contributed by atoms with Crippen molar-refractivity contribution >= 4 is 23.6 Å². The summed E-state index contributed by atoms with van der Waals surface area (Å²) < 4.78 is 10.2. The molecule has 0 bridgehead atoms. The van der Waals surface area contributed by atoms with E-state index in [4.69, 9.17) is 15.2 Å². The average Bonchev–Trinajstić information content (AvgIpc) is 2.84. The highest BCUT2D eigenvalue weighted by Gasteiger charge is 2.32. The molecule has 1 fully saturated rings. The molecular formula is C13H15N3O4. The summed E-state index contributed by atoms with van der Waals surface area (Å²) in [5, 5.41) is 0. The van der Waals surface area contributed by atoms with Gasteiger partial charge in [-0.15, -0.1) is 0 Å². The first-order valence-corrected chi connectivity index (χ1v) is 6.32. The van der Waals surface area contributed by atoms with Crippen molar-refractivity contribution in [2.45, 2.75) is 12.7 Å². The molecule has 2 aliphatic rings. The lowest BCUT2D eigenvalue weighted by molar-refractivity contribution is 0.143. The van der Waals surface area contributed by atoms with Crippen LogP contribution in [0.4, 0.5) is 21.0 Å². The van der Waals surface area contributed by atoms with Crippen molar-refractivity contribution < 1.29 is 19.1 Å². The normalized spacial score (nSPS) is 21.6. The van der Waals surface area contributed by atoms with Gasteiger partial charge in [-0.05, 0) is 18.2 Å². The van der Waals surface area contributed by atoms with E-state index < -0.39 is 6.09 Å². The highest BCUT2D eigenvalue weighted by atomic mass is 16.6. The van der Waals surface area contributed by atoms with Gasteiger partial charge in [0.2, 0.25) is 0 Å². The van der Waals surface area contributed by atoms with E-state index >= 15 is 0 Å². The first-order chi connectivity index (χ1) is 9.60. The second-order valence-electron chi connectivity index (χ2n) is 4.78. The first-order valence-electron chi connectivity index (χ1n) is 6.32. The van der Waals surface area contributed by atoms with Gasteiger partial charge in [-0.3, -0.25) is 9.80 Å². The van der Waals surface area contributed by atoms with E-state index in [1.807, 2.05) is 6.07 Å². The summed E-state index contributed by atoms with van der Waals surface area (Å²) in [7, 11) is 1.65. The molecule has 0 saturated carbocycles. The molecule has 1 unspecified atom stereocenters. The number of rotatable bonds is 2. The first kappa shape index (κ1) is 12.7. The molecule has 2 aliphatic heterocycles. The monoisotopic (exact) mass is 277 g/mol. The Morgan fingerprint density at radius 2 is 2.15 bits per heavy atom. The third-order valence-electron chi connectivity index (χ3n) is 3.50. The van der Waals surface area contributed by atoms with Crippen molar-refractivity contribution in [3.63, 3.8) is 0 Å². The molecular weight excluding hydrogens is 262 g/mol. The van der Waals surface area contributed by atoms with E-state index in [1.165, 1.54) is 9.80 Å². The molecule has 1 atom stereocenters. The fourth-order valence-corrected chi connectivity index (χ4v) is 2.37. The Morgan fingerprint density at radius 3 is 2.85 bits per heavy atom. The highest BCUT2D eigenvalue weighted by molar-refractivity contribution is 5.93. The molecule has 1 aromatic carbocycles. The molecule has 2 heterocycles. The minimum Gasteiger partial charge on any atom is -0.444 e. The minimum atomic E-state index is -0.401. The number of hydrogen-bond donors (Lipinski definition) is 1. The maximum absolute atomic E-state index is 11.8. The summed E-state index contributed by atoms with van der Waals surface area (Å²) in [6.45, 7) is 0.937. The second kappa shape index (κ2) is 4.68. The van der Waals surface area contributed by atoms with Gasteiger partial charge in [0.25, 0.3) is 0 Å². The number of carbonyl (C=O) groups is 2. The van der Waals surface area contributed by atoms with Crippen LogP contribution in [0.15, 0.2) is 18.2 Å². The smallest absolute Gasteiger partial charge is 0.414 e. The molecule has 2 amide bonds. The number of amides is 2. The molecule has 1 aromatic rings. The SMILES string of the molecule is CN1C(=O)OCc2cc(N3CC(CN)OC3=O)ccc21. The van der Waals surface area contributed by atoms with E-state index in [2.05, 4.69) is 0 Å². The molecule has 0 spiro atoms. The predicted octanol–water partition coefficient (Wildman–Crippen LogP) is 1.06.